The van der Waals surface area contributed by atoms with Crippen molar-refractivity contribution in [2.75, 3.05) is 0 Å². The summed E-state index contributed by atoms with van der Waals surface area (Å²) in [7, 11) is 0. The quantitative estimate of drug-likeness (QED) is 0.650. The molecule has 11 heavy (non-hydrogen) atoms. The Kier molecular flexibility index (Phi) is 2.30. The van der Waals surface area contributed by atoms with E-state index in [9.17, 15) is 0 Å². The van der Waals surface area contributed by atoms with Gasteiger partial charge in [-0.05, 0) is 12.0 Å². The molecule has 2 N–H and O–H groups in total. The fourth-order valence-corrected chi connectivity index (χ4v) is 1.30. The van der Waals surface area contributed by atoms with E-state index >= 15 is 0 Å². The normalized spacial score (nSPS) is 27.4. The van der Waals surface area contributed by atoms with E-state index in [0.717, 1.165) is 0 Å². The average Bonchev–Trinajstić information content (AvgIpc) is 2.69. The van der Waals surface area contributed by atoms with Crippen molar-refractivity contribution < 1.29 is 0 Å². The number of hydrogen-bond donors (Lipinski definition) is 1. The smallest absolute Gasteiger partial charge is 0.0115 e. The van der Waals surface area contributed by atoms with Crippen molar-refractivity contribution >= 4 is 0 Å². The van der Waals surface area contributed by atoms with Crippen LogP contribution in [-0.2, 0) is 0 Å². The van der Waals surface area contributed by atoms with Gasteiger partial charge in [0.25, 0.3) is 0 Å². The Hall–Kier alpha value is -0.820. The molecule has 2 atom stereocenters. The molecule has 2 unspecified atom stereocenters. The summed E-state index contributed by atoms with van der Waals surface area (Å²) in [6.07, 6.45) is 1.17. The highest BCUT2D eigenvalue weighted by molar-refractivity contribution is 5.26. The van der Waals surface area contributed by atoms with Crippen LogP contribution in [0.4, 0.5) is 0 Å². The fourth-order valence-electron chi connectivity index (χ4n) is 1.30. The van der Waals surface area contributed by atoms with E-state index in [0.29, 0.717) is 12.0 Å². The van der Waals surface area contributed by atoms with Gasteiger partial charge in [-0.25, -0.2) is 0 Å². The Labute approximate surface area is 68.2 Å². The SMILES string of the molecule is C.NC1CC1c1ccccc1. The Morgan fingerprint density at radius 2 is 1.73 bits per heavy atom. The molecular formula is C10H15N. The second-order valence-corrected chi connectivity index (χ2v) is 2.92. The molecule has 1 aliphatic rings. The molecule has 1 fully saturated rings. The Morgan fingerprint density at radius 3 is 2.18 bits per heavy atom. The van der Waals surface area contributed by atoms with Crippen LogP contribution in [0.1, 0.15) is 25.3 Å². The minimum Gasteiger partial charge on any atom is -0.327 e. The molecule has 0 saturated heterocycles. The first-order chi connectivity index (χ1) is 4.88. The first-order valence-corrected chi connectivity index (χ1v) is 3.68. The van der Waals surface area contributed by atoms with E-state index in [1.165, 1.54) is 12.0 Å². The molecule has 1 nitrogen and oxygen atoms in total. The highest BCUT2D eigenvalue weighted by Crippen LogP contribution is 2.38. The van der Waals surface area contributed by atoms with E-state index in [2.05, 4.69) is 24.3 Å². The predicted molar refractivity (Wildman–Crippen MR) is 48.5 cm³/mol. The molecule has 0 amide bonds. The van der Waals surface area contributed by atoms with E-state index in [4.69, 9.17) is 5.73 Å². The van der Waals surface area contributed by atoms with Crippen LogP contribution in [0.25, 0.3) is 0 Å². The van der Waals surface area contributed by atoms with Crippen molar-refractivity contribution in [3.63, 3.8) is 0 Å². The van der Waals surface area contributed by atoms with Gasteiger partial charge >= 0.3 is 0 Å². The molecule has 0 aromatic heterocycles. The summed E-state index contributed by atoms with van der Waals surface area (Å²) >= 11 is 0. The minimum absolute atomic E-state index is 0. The number of benzene rings is 1. The highest BCUT2D eigenvalue weighted by atomic mass is 14.7. The second-order valence-electron chi connectivity index (χ2n) is 2.92. The van der Waals surface area contributed by atoms with Gasteiger partial charge in [0.15, 0.2) is 0 Å². The minimum atomic E-state index is 0. The molecule has 1 aromatic rings. The molecule has 1 heteroatoms. The lowest BCUT2D eigenvalue weighted by atomic mass is 10.1. The van der Waals surface area contributed by atoms with Crippen molar-refractivity contribution in [3.8, 4) is 0 Å². The Balaban J connectivity index is 0.000000605. The molecule has 60 valence electrons. The van der Waals surface area contributed by atoms with Crippen LogP contribution >= 0.6 is 0 Å². The molecule has 0 spiro atoms. The lowest BCUT2D eigenvalue weighted by molar-refractivity contribution is 0.991. The molecule has 2 rings (SSSR count). The molecule has 0 bridgehead atoms. The van der Waals surface area contributed by atoms with Crippen molar-refractivity contribution in [2.24, 2.45) is 5.73 Å². The zero-order valence-corrected chi connectivity index (χ0v) is 5.83. The van der Waals surface area contributed by atoms with Gasteiger partial charge in [0.05, 0.1) is 0 Å². The van der Waals surface area contributed by atoms with Crippen LogP contribution < -0.4 is 5.73 Å². The van der Waals surface area contributed by atoms with Gasteiger partial charge in [-0.15, -0.1) is 0 Å². The number of nitrogens with two attached hydrogens (primary N) is 1. The zero-order chi connectivity index (χ0) is 6.97. The lowest BCUT2D eigenvalue weighted by Gasteiger charge is -1.94. The van der Waals surface area contributed by atoms with E-state index in [1.54, 1.807) is 0 Å². The standard InChI is InChI=1S/C9H11N.CH4/c10-9-6-8(9)7-4-2-1-3-5-7;/h1-5,8-9H,6,10H2;1H4. The van der Waals surface area contributed by atoms with Crippen molar-refractivity contribution in [1.29, 1.82) is 0 Å². The highest BCUT2D eigenvalue weighted by Gasteiger charge is 2.34. The zero-order valence-electron chi connectivity index (χ0n) is 5.83. The van der Waals surface area contributed by atoms with E-state index < -0.39 is 0 Å². The maximum atomic E-state index is 5.70. The monoisotopic (exact) mass is 149 g/mol. The molecular weight excluding hydrogens is 134 g/mol. The third-order valence-electron chi connectivity index (χ3n) is 2.07. The van der Waals surface area contributed by atoms with Crippen LogP contribution in [0, 0.1) is 0 Å². The molecule has 0 aliphatic heterocycles. The van der Waals surface area contributed by atoms with Crippen molar-refractivity contribution in [1.82, 2.24) is 0 Å². The van der Waals surface area contributed by atoms with Crippen LogP contribution in [0.2, 0.25) is 0 Å². The molecule has 1 aliphatic carbocycles. The maximum Gasteiger partial charge on any atom is 0.0115 e. The third kappa shape index (κ3) is 1.60. The first-order valence-electron chi connectivity index (χ1n) is 3.68. The Bertz CT molecular complexity index is 218. The molecule has 1 aromatic carbocycles. The summed E-state index contributed by atoms with van der Waals surface area (Å²) in [6, 6.07) is 10.9. The molecule has 0 radical (unpaired) electrons. The summed E-state index contributed by atoms with van der Waals surface area (Å²) in [5.41, 5.74) is 7.10. The third-order valence-corrected chi connectivity index (χ3v) is 2.07. The molecule has 1 saturated carbocycles. The van der Waals surface area contributed by atoms with Gasteiger partial charge in [0.1, 0.15) is 0 Å². The van der Waals surface area contributed by atoms with Gasteiger partial charge < -0.3 is 5.73 Å². The van der Waals surface area contributed by atoms with Crippen molar-refractivity contribution in [3.05, 3.63) is 35.9 Å². The van der Waals surface area contributed by atoms with E-state index in [1.807, 2.05) is 6.07 Å². The van der Waals surface area contributed by atoms with Crippen LogP contribution in [-0.4, -0.2) is 6.04 Å². The fraction of sp³-hybridized carbons (Fsp3) is 0.400. The van der Waals surface area contributed by atoms with Crippen LogP contribution in [0.15, 0.2) is 30.3 Å². The van der Waals surface area contributed by atoms with Gasteiger partial charge in [0.2, 0.25) is 0 Å². The van der Waals surface area contributed by atoms with Gasteiger partial charge in [-0.2, -0.15) is 0 Å². The summed E-state index contributed by atoms with van der Waals surface area (Å²) in [6.45, 7) is 0. The average molecular weight is 149 g/mol. The first kappa shape index (κ1) is 8.28. The maximum absolute atomic E-state index is 5.70. The van der Waals surface area contributed by atoms with Crippen LogP contribution in [0.3, 0.4) is 0 Å². The van der Waals surface area contributed by atoms with Crippen LogP contribution in [0.5, 0.6) is 0 Å². The number of rotatable bonds is 1. The lowest BCUT2D eigenvalue weighted by Crippen LogP contribution is -2.00. The topological polar surface area (TPSA) is 26.0 Å². The molecule has 0 heterocycles. The van der Waals surface area contributed by atoms with Crippen molar-refractivity contribution in [2.45, 2.75) is 25.8 Å². The summed E-state index contributed by atoms with van der Waals surface area (Å²) < 4.78 is 0. The Morgan fingerprint density at radius 1 is 1.18 bits per heavy atom. The van der Waals surface area contributed by atoms with Gasteiger partial charge in [0, 0.05) is 12.0 Å². The summed E-state index contributed by atoms with van der Waals surface area (Å²) in [5.74, 6) is 0.654. The second kappa shape index (κ2) is 3.05. The number of hydrogen-bond acceptors (Lipinski definition) is 1. The van der Waals surface area contributed by atoms with Gasteiger partial charge in [-0.1, -0.05) is 37.8 Å². The van der Waals surface area contributed by atoms with Gasteiger partial charge in [-0.3, -0.25) is 0 Å². The summed E-state index contributed by atoms with van der Waals surface area (Å²) in [5, 5.41) is 0. The largest absolute Gasteiger partial charge is 0.327 e. The van der Waals surface area contributed by atoms with E-state index in [-0.39, 0.29) is 7.43 Å². The predicted octanol–water partition coefficient (Wildman–Crippen LogP) is 2.14. The summed E-state index contributed by atoms with van der Waals surface area (Å²) in [4.78, 5) is 0.